The minimum absolute atomic E-state index is 0. The first-order valence-electron chi connectivity index (χ1n) is 8.07. The smallest absolute Gasteiger partial charge is 0.229 e. The van der Waals surface area contributed by atoms with Crippen LogP contribution >= 0.6 is 12.4 Å². The lowest BCUT2D eigenvalue weighted by atomic mass is 10.2. The van der Waals surface area contributed by atoms with E-state index in [-0.39, 0.29) is 18.1 Å². The number of fused-ring (bicyclic) bond motifs is 2. The SMILES string of the molecule is Cl.OCc1ncc(Nc2nccc(N3C[C@H]4CC[C@@H](C3)N4)n2)cc1F. The number of aromatic nitrogens is 3. The maximum Gasteiger partial charge on any atom is 0.229 e. The van der Waals surface area contributed by atoms with Gasteiger partial charge in [-0.25, -0.2) is 9.37 Å². The molecule has 0 saturated carbocycles. The highest BCUT2D eigenvalue weighted by Crippen LogP contribution is 2.24. The van der Waals surface area contributed by atoms with Gasteiger partial charge in [0.1, 0.15) is 17.3 Å². The Morgan fingerprint density at radius 1 is 1.28 bits per heavy atom. The van der Waals surface area contributed by atoms with Crippen molar-refractivity contribution >= 4 is 29.9 Å². The van der Waals surface area contributed by atoms with Crippen LogP contribution in [0, 0.1) is 5.82 Å². The van der Waals surface area contributed by atoms with Gasteiger partial charge < -0.3 is 20.6 Å². The Hall–Kier alpha value is -2.03. The average Bonchev–Trinajstić information content (AvgIpc) is 2.93. The van der Waals surface area contributed by atoms with Crippen LogP contribution in [0.25, 0.3) is 0 Å². The number of pyridine rings is 1. The Morgan fingerprint density at radius 2 is 2.04 bits per heavy atom. The minimum Gasteiger partial charge on any atom is -0.390 e. The molecule has 4 heterocycles. The summed E-state index contributed by atoms with van der Waals surface area (Å²) in [6.45, 7) is 1.45. The summed E-state index contributed by atoms with van der Waals surface area (Å²) in [7, 11) is 0. The van der Waals surface area contributed by atoms with Gasteiger partial charge in [-0.15, -0.1) is 12.4 Å². The number of rotatable bonds is 4. The normalized spacial score (nSPS) is 21.8. The van der Waals surface area contributed by atoms with Crippen LogP contribution in [0.4, 0.5) is 21.8 Å². The number of nitrogens with one attached hydrogen (secondary N) is 2. The van der Waals surface area contributed by atoms with Crippen molar-refractivity contribution in [3.8, 4) is 0 Å². The first kappa shape index (κ1) is 17.8. The Balaban J connectivity index is 0.00000182. The summed E-state index contributed by atoms with van der Waals surface area (Å²) in [5.74, 6) is 0.708. The Labute approximate surface area is 151 Å². The van der Waals surface area contributed by atoms with E-state index in [0.29, 0.717) is 23.7 Å². The molecule has 2 aliphatic heterocycles. The van der Waals surface area contributed by atoms with Crippen molar-refractivity contribution in [1.82, 2.24) is 20.3 Å². The highest BCUT2D eigenvalue weighted by atomic mass is 35.5. The lowest BCUT2D eigenvalue weighted by molar-refractivity contribution is 0.270. The molecule has 0 aliphatic carbocycles. The molecule has 2 fully saturated rings. The van der Waals surface area contributed by atoms with Crippen LogP contribution in [-0.2, 0) is 6.61 Å². The van der Waals surface area contributed by atoms with Crippen molar-refractivity contribution in [2.75, 3.05) is 23.3 Å². The summed E-state index contributed by atoms with van der Waals surface area (Å²) in [6.07, 6.45) is 5.56. The summed E-state index contributed by atoms with van der Waals surface area (Å²) in [5, 5.41) is 15.5. The second-order valence-corrected chi connectivity index (χ2v) is 6.22. The molecule has 0 amide bonds. The third kappa shape index (κ3) is 3.81. The van der Waals surface area contributed by atoms with Gasteiger partial charge >= 0.3 is 0 Å². The van der Waals surface area contributed by atoms with E-state index < -0.39 is 12.4 Å². The summed E-state index contributed by atoms with van der Waals surface area (Å²) in [6, 6.07) is 4.22. The zero-order valence-electron chi connectivity index (χ0n) is 13.5. The number of hydrogen-bond acceptors (Lipinski definition) is 7. The number of aliphatic hydroxyl groups excluding tert-OH is 1. The molecule has 134 valence electrons. The topological polar surface area (TPSA) is 86.2 Å². The predicted octanol–water partition coefficient (Wildman–Crippen LogP) is 1.61. The van der Waals surface area contributed by atoms with Crippen molar-refractivity contribution in [2.24, 2.45) is 0 Å². The number of halogens is 2. The number of piperazine rings is 1. The quantitative estimate of drug-likeness (QED) is 0.757. The summed E-state index contributed by atoms with van der Waals surface area (Å²) in [4.78, 5) is 14.9. The molecule has 2 atom stereocenters. The van der Waals surface area contributed by atoms with Gasteiger partial charge in [-0.1, -0.05) is 0 Å². The van der Waals surface area contributed by atoms with Crippen LogP contribution in [0.5, 0.6) is 0 Å². The van der Waals surface area contributed by atoms with E-state index in [1.54, 1.807) is 6.20 Å². The largest absolute Gasteiger partial charge is 0.390 e. The Kier molecular flexibility index (Phi) is 5.31. The van der Waals surface area contributed by atoms with Gasteiger partial charge in [0.05, 0.1) is 18.5 Å². The average molecular weight is 367 g/mol. The second-order valence-electron chi connectivity index (χ2n) is 6.22. The molecule has 3 N–H and O–H groups in total. The molecule has 0 aromatic carbocycles. The van der Waals surface area contributed by atoms with E-state index in [0.717, 1.165) is 18.9 Å². The second kappa shape index (κ2) is 7.47. The van der Waals surface area contributed by atoms with Crippen molar-refractivity contribution in [3.63, 3.8) is 0 Å². The zero-order valence-corrected chi connectivity index (χ0v) is 14.3. The number of hydrogen-bond donors (Lipinski definition) is 3. The van der Waals surface area contributed by atoms with Gasteiger partial charge in [0.15, 0.2) is 0 Å². The molecule has 0 spiro atoms. The van der Waals surface area contributed by atoms with E-state index >= 15 is 0 Å². The van der Waals surface area contributed by atoms with Gasteiger partial charge in [-0.2, -0.15) is 4.98 Å². The van der Waals surface area contributed by atoms with Crippen LogP contribution in [0.3, 0.4) is 0 Å². The molecule has 4 rings (SSSR count). The third-order valence-corrected chi connectivity index (χ3v) is 4.50. The monoisotopic (exact) mass is 366 g/mol. The van der Waals surface area contributed by atoms with Gasteiger partial charge in [-0.05, 0) is 18.9 Å². The summed E-state index contributed by atoms with van der Waals surface area (Å²) >= 11 is 0. The molecule has 2 saturated heterocycles. The summed E-state index contributed by atoms with van der Waals surface area (Å²) in [5.41, 5.74) is 0.466. The van der Waals surface area contributed by atoms with Crippen molar-refractivity contribution < 1.29 is 9.50 Å². The molecule has 2 aromatic rings. The molecule has 0 radical (unpaired) electrons. The van der Waals surface area contributed by atoms with E-state index in [1.165, 1.54) is 25.1 Å². The van der Waals surface area contributed by atoms with E-state index in [9.17, 15) is 4.39 Å². The van der Waals surface area contributed by atoms with Crippen LogP contribution in [-0.4, -0.2) is 45.2 Å². The van der Waals surface area contributed by atoms with E-state index in [1.807, 2.05) is 6.07 Å². The fourth-order valence-corrected chi connectivity index (χ4v) is 3.35. The van der Waals surface area contributed by atoms with Gasteiger partial charge in [0.2, 0.25) is 5.95 Å². The van der Waals surface area contributed by atoms with Crippen LogP contribution in [0.1, 0.15) is 18.5 Å². The van der Waals surface area contributed by atoms with Crippen molar-refractivity contribution in [3.05, 3.63) is 36.0 Å². The molecule has 0 unspecified atom stereocenters. The standard InChI is InChI=1S/C16H19FN6O.ClH/c17-13-5-12(6-19-14(13)9-24)21-16-18-4-3-15(22-16)23-7-10-1-2-11(8-23)20-10;/h3-6,10-11,20,24H,1-2,7-9H2,(H,18,21,22);1H/t10-,11+;. The number of aliphatic hydroxyl groups is 1. The third-order valence-electron chi connectivity index (χ3n) is 4.50. The molecule has 9 heteroatoms. The highest BCUT2D eigenvalue weighted by Gasteiger charge is 2.32. The lowest BCUT2D eigenvalue weighted by Gasteiger charge is -2.33. The predicted molar refractivity (Wildman–Crippen MR) is 94.8 cm³/mol. The van der Waals surface area contributed by atoms with Crippen LogP contribution in [0.15, 0.2) is 24.5 Å². The Morgan fingerprint density at radius 3 is 2.72 bits per heavy atom. The number of anilines is 3. The van der Waals surface area contributed by atoms with Gasteiger partial charge in [-0.3, -0.25) is 4.98 Å². The van der Waals surface area contributed by atoms with E-state index in [2.05, 4.69) is 30.5 Å². The lowest BCUT2D eigenvalue weighted by Crippen LogP contribution is -2.51. The molecule has 2 aliphatic rings. The maximum atomic E-state index is 13.7. The highest BCUT2D eigenvalue weighted by molar-refractivity contribution is 5.85. The summed E-state index contributed by atoms with van der Waals surface area (Å²) < 4.78 is 13.7. The Bertz CT molecular complexity index is 736. The fourth-order valence-electron chi connectivity index (χ4n) is 3.35. The molecule has 25 heavy (non-hydrogen) atoms. The number of nitrogens with zero attached hydrogens (tertiary/aromatic N) is 4. The first-order chi connectivity index (χ1) is 11.7. The van der Waals surface area contributed by atoms with Crippen molar-refractivity contribution in [2.45, 2.75) is 31.5 Å². The zero-order chi connectivity index (χ0) is 16.5. The molecular weight excluding hydrogens is 347 g/mol. The van der Waals surface area contributed by atoms with Crippen molar-refractivity contribution in [1.29, 1.82) is 0 Å². The minimum atomic E-state index is -0.558. The molecule has 7 nitrogen and oxygen atoms in total. The molecule has 2 aromatic heterocycles. The van der Waals surface area contributed by atoms with Gasteiger partial charge in [0, 0.05) is 37.4 Å². The fraction of sp³-hybridized carbons (Fsp3) is 0.438. The molecule has 2 bridgehead atoms. The van der Waals surface area contributed by atoms with Crippen LogP contribution in [0.2, 0.25) is 0 Å². The first-order valence-corrected chi connectivity index (χ1v) is 8.07. The van der Waals surface area contributed by atoms with E-state index in [4.69, 9.17) is 5.11 Å². The van der Waals surface area contributed by atoms with Gasteiger partial charge in [0.25, 0.3) is 0 Å². The van der Waals surface area contributed by atoms with Crippen LogP contribution < -0.4 is 15.5 Å². The molecular formula is C16H20ClFN6O. The maximum absolute atomic E-state index is 13.7.